The maximum absolute atomic E-state index is 12.6. The van der Waals surface area contributed by atoms with Crippen LogP contribution in [0.3, 0.4) is 0 Å². The van der Waals surface area contributed by atoms with Crippen LogP contribution in [-0.4, -0.2) is 35.7 Å². The van der Waals surface area contributed by atoms with E-state index in [-0.39, 0.29) is 36.6 Å². The van der Waals surface area contributed by atoms with Crippen molar-refractivity contribution in [3.05, 3.63) is 65.4 Å². The number of methoxy groups -OCH3 is 1. The summed E-state index contributed by atoms with van der Waals surface area (Å²) in [5.74, 6) is 0.583. The smallest absolute Gasteiger partial charge is 0.290 e. The van der Waals surface area contributed by atoms with E-state index in [9.17, 15) is 9.59 Å². The third-order valence-corrected chi connectivity index (χ3v) is 4.77. The number of carbonyl (C=O) groups excluding carboxylic acids is 2. The van der Waals surface area contributed by atoms with Crippen LogP contribution >= 0.6 is 0 Å². The number of nitrogens with one attached hydrogen (secondary N) is 2. The van der Waals surface area contributed by atoms with Crippen LogP contribution in [-0.2, 0) is 9.59 Å². The van der Waals surface area contributed by atoms with Gasteiger partial charge in [0.1, 0.15) is 5.75 Å². The zero-order chi connectivity index (χ0) is 22.4. The number of carbonyl (C=O) groups is 3. The summed E-state index contributed by atoms with van der Waals surface area (Å²) in [7, 11) is 1.60. The molecule has 1 aromatic heterocycles. The third kappa shape index (κ3) is 4.72. The second kappa shape index (κ2) is 9.57. The highest BCUT2D eigenvalue weighted by Crippen LogP contribution is 2.33. The van der Waals surface area contributed by atoms with Crippen molar-refractivity contribution in [3.8, 4) is 16.9 Å². The van der Waals surface area contributed by atoms with Crippen molar-refractivity contribution >= 4 is 24.2 Å². The van der Waals surface area contributed by atoms with Gasteiger partial charge in [-0.3, -0.25) is 19.7 Å². The Hall–Kier alpha value is -4.14. The molecule has 0 fully saturated rings. The minimum absolute atomic E-state index is 0.102. The molecule has 160 valence electrons. The number of ether oxygens (including phenoxy) is 1. The Kier molecular flexibility index (Phi) is 6.66. The molecular formula is C22H21N3O6. The van der Waals surface area contributed by atoms with Crippen molar-refractivity contribution in [3.63, 3.8) is 0 Å². The van der Waals surface area contributed by atoms with Gasteiger partial charge in [-0.1, -0.05) is 35.5 Å². The third-order valence-electron chi connectivity index (χ3n) is 4.77. The number of hydrogen-bond donors (Lipinski definition) is 3. The monoisotopic (exact) mass is 423 g/mol. The molecule has 0 spiro atoms. The van der Waals surface area contributed by atoms with Gasteiger partial charge in [0, 0.05) is 5.56 Å². The van der Waals surface area contributed by atoms with E-state index in [4.69, 9.17) is 19.2 Å². The molecule has 0 aliphatic carbocycles. The van der Waals surface area contributed by atoms with Gasteiger partial charge >= 0.3 is 0 Å². The zero-order valence-corrected chi connectivity index (χ0v) is 16.9. The standard InChI is InChI=1S/C21H19N3O4.CH2O2/c1-12-19(13-7-9-14(27-2)10-8-13)21(28-24-12)23-18(25)11-17-15-5-3-4-6-16(15)20(26)22-17;2-1-3/h3-10,17H,11H2,1-2H3,(H,22,26)(H,23,25);1H,(H,2,3). The van der Waals surface area contributed by atoms with Gasteiger partial charge in [-0.15, -0.1) is 0 Å². The van der Waals surface area contributed by atoms with Gasteiger partial charge in [0.2, 0.25) is 11.8 Å². The predicted octanol–water partition coefficient (Wildman–Crippen LogP) is 3.17. The van der Waals surface area contributed by atoms with E-state index in [1.54, 1.807) is 19.2 Å². The summed E-state index contributed by atoms with van der Waals surface area (Å²) in [5.41, 5.74) is 3.67. The average molecular weight is 423 g/mol. The number of aryl methyl sites for hydroxylation is 1. The van der Waals surface area contributed by atoms with E-state index in [2.05, 4.69) is 15.8 Å². The number of anilines is 1. The molecule has 9 heteroatoms. The number of amides is 2. The molecule has 1 aliphatic heterocycles. The van der Waals surface area contributed by atoms with E-state index in [1.165, 1.54) is 0 Å². The molecule has 3 aromatic rings. The lowest BCUT2D eigenvalue weighted by Gasteiger charge is -2.11. The molecule has 9 nitrogen and oxygen atoms in total. The molecule has 31 heavy (non-hydrogen) atoms. The first-order valence-electron chi connectivity index (χ1n) is 9.36. The largest absolute Gasteiger partial charge is 0.497 e. The summed E-state index contributed by atoms with van der Waals surface area (Å²) in [6.07, 6.45) is 0.102. The second-order valence-corrected chi connectivity index (χ2v) is 6.67. The van der Waals surface area contributed by atoms with Gasteiger partial charge in [-0.25, -0.2) is 0 Å². The lowest BCUT2D eigenvalue weighted by molar-refractivity contribution is -0.123. The Bertz CT molecular complexity index is 1090. The molecule has 1 atom stereocenters. The highest BCUT2D eigenvalue weighted by atomic mass is 16.5. The molecule has 3 N–H and O–H groups in total. The maximum Gasteiger partial charge on any atom is 0.290 e. The lowest BCUT2D eigenvalue weighted by Crippen LogP contribution is -2.24. The fraction of sp³-hybridized carbons (Fsp3) is 0.182. The topological polar surface area (TPSA) is 131 Å². The Morgan fingerprint density at radius 2 is 1.94 bits per heavy atom. The molecule has 0 saturated heterocycles. The minimum atomic E-state index is -0.364. The quantitative estimate of drug-likeness (QED) is 0.537. The fourth-order valence-electron chi connectivity index (χ4n) is 3.40. The Morgan fingerprint density at radius 1 is 1.26 bits per heavy atom. The van der Waals surface area contributed by atoms with Gasteiger partial charge < -0.3 is 19.7 Å². The van der Waals surface area contributed by atoms with E-state index >= 15 is 0 Å². The highest BCUT2D eigenvalue weighted by Gasteiger charge is 2.30. The van der Waals surface area contributed by atoms with Gasteiger partial charge in [-0.05, 0) is 36.2 Å². The van der Waals surface area contributed by atoms with Crippen LogP contribution in [0.5, 0.6) is 5.75 Å². The van der Waals surface area contributed by atoms with E-state index in [0.717, 1.165) is 16.9 Å². The lowest BCUT2D eigenvalue weighted by atomic mass is 10.0. The molecule has 0 saturated carbocycles. The number of rotatable bonds is 5. The Morgan fingerprint density at radius 3 is 2.61 bits per heavy atom. The summed E-state index contributed by atoms with van der Waals surface area (Å²) < 4.78 is 10.5. The number of carboxylic acid groups (broad SMARTS) is 1. The van der Waals surface area contributed by atoms with E-state index < -0.39 is 0 Å². The summed E-state index contributed by atoms with van der Waals surface area (Å²) in [6, 6.07) is 14.3. The van der Waals surface area contributed by atoms with Crippen LogP contribution in [0.15, 0.2) is 53.1 Å². The molecule has 2 amide bonds. The molecule has 2 aromatic carbocycles. The first kappa shape index (κ1) is 21.6. The molecule has 2 heterocycles. The van der Waals surface area contributed by atoms with Crippen molar-refractivity contribution < 1.29 is 28.8 Å². The number of fused-ring (bicyclic) bond motifs is 1. The number of benzene rings is 2. The van der Waals surface area contributed by atoms with Crippen LogP contribution in [0.4, 0.5) is 5.88 Å². The number of hydrogen-bond acceptors (Lipinski definition) is 6. The van der Waals surface area contributed by atoms with Crippen molar-refractivity contribution in [2.45, 2.75) is 19.4 Å². The summed E-state index contributed by atoms with van der Waals surface area (Å²) >= 11 is 0. The zero-order valence-electron chi connectivity index (χ0n) is 16.9. The van der Waals surface area contributed by atoms with Crippen LogP contribution < -0.4 is 15.4 Å². The van der Waals surface area contributed by atoms with Crippen molar-refractivity contribution in [1.82, 2.24) is 10.5 Å². The molecule has 0 radical (unpaired) electrons. The molecule has 1 unspecified atom stereocenters. The van der Waals surface area contributed by atoms with Gasteiger partial charge in [0.15, 0.2) is 0 Å². The minimum Gasteiger partial charge on any atom is -0.497 e. The molecule has 0 bridgehead atoms. The van der Waals surface area contributed by atoms with Crippen LogP contribution in [0.2, 0.25) is 0 Å². The summed E-state index contributed by atoms with van der Waals surface area (Å²) in [5, 5.41) is 16.5. The van der Waals surface area contributed by atoms with Gasteiger partial charge in [0.25, 0.3) is 12.4 Å². The van der Waals surface area contributed by atoms with E-state index in [0.29, 0.717) is 16.8 Å². The van der Waals surface area contributed by atoms with Crippen LogP contribution in [0.1, 0.15) is 34.1 Å². The normalized spacial score (nSPS) is 14.0. The van der Waals surface area contributed by atoms with Gasteiger partial charge in [0.05, 0.1) is 30.8 Å². The maximum atomic E-state index is 12.6. The number of nitrogens with zero attached hydrogens (tertiary/aromatic N) is 1. The molecule has 1 aliphatic rings. The Balaban J connectivity index is 0.000000858. The Labute approximate surface area is 178 Å². The van der Waals surface area contributed by atoms with E-state index in [1.807, 2.05) is 43.3 Å². The number of aromatic nitrogens is 1. The first-order chi connectivity index (χ1) is 15.0. The van der Waals surface area contributed by atoms with Crippen molar-refractivity contribution in [2.24, 2.45) is 0 Å². The van der Waals surface area contributed by atoms with Gasteiger partial charge in [-0.2, -0.15) is 0 Å². The van der Waals surface area contributed by atoms with Crippen LogP contribution in [0.25, 0.3) is 11.1 Å². The molecular weight excluding hydrogens is 402 g/mol. The SMILES string of the molecule is COc1ccc(-c2c(C)noc2NC(=O)CC2NC(=O)c3ccccc32)cc1.O=CO. The first-order valence-corrected chi connectivity index (χ1v) is 9.36. The van der Waals surface area contributed by atoms with Crippen molar-refractivity contribution in [1.29, 1.82) is 0 Å². The summed E-state index contributed by atoms with van der Waals surface area (Å²) in [4.78, 5) is 33.0. The predicted molar refractivity (Wildman–Crippen MR) is 112 cm³/mol. The van der Waals surface area contributed by atoms with Crippen LogP contribution in [0, 0.1) is 6.92 Å². The fourth-order valence-corrected chi connectivity index (χ4v) is 3.40. The summed E-state index contributed by atoms with van der Waals surface area (Å²) in [6.45, 7) is 1.56. The van der Waals surface area contributed by atoms with Crippen molar-refractivity contribution in [2.75, 3.05) is 12.4 Å². The second-order valence-electron chi connectivity index (χ2n) is 6.67. The average Bonchev–Trinajstić information content (AvgIpc) is 3.28. The highest BCUT2D eigenvalue weighted by molar-refractivity contribution is 6.01. The molecule has 4 rings (SSSR count).